The van der Waals surface area contributed by atoms with Crippen molar-refractivity contribution in [3.63, 3.8) is 0 Å². The number of hydrogen-bond acceptors (Lipinski definition) is 3. The number of phenolic OH excluding ortho intramolecular Hbond substituents is 1. The van der Waals surface area contributed by atoms with Crippen molar-refractivity contribution in [2.75, 3.05) is 5.32 Å². The first-order chi connectivity index (χ1) is 10.0. The van der Waals surface area contributed by atoms with Crippen LogP contribution in [-0.4, -0.2) is 17.4 Å². The van der Waals surface area contributed by atoms with E-state index in [2.05, 4.69) is 10.6 Å². The summed E-state index contributed by atoms with van der Waals surface area (Å²) in [7, 11) is 0. The van der Waals surface area contributed by atoms with Gasteiger partial charge in [-0.1, -0.05) is 11.6 Å². The lowest BCUT2D eigenvalue weighted by Crippen LogP contribution is -2.39. The van der Waals surface area contributed by atoms with Crippen molar-refractivity contribution in [1.29, 1.82) is 0 Å². The van der Waals surface area contributed by atoms with Gasteiger partial charge in [-0.05, 0) is 55.5 Å². The van der Waals surface area contributed by atoms with E-state index in [1.165, 1.54) is 12.1 Å². The van der Waals surface area contributed by atoms with Gasteiger partial charge in [0, 0.05) is 10.7 Å². The molecule has 110 valence electrons. The van der Waals surface area contributed by atoms with E-state index in [1.807, 2.05) is 0 Å². The Morgan fingerprint density at radius 3 is 2.38 bits per heavy atom. The highest BCUT2D eigenvalue weighted by atomic mass is 35.5. The molecule has 2 aromatic carbocycles. The summed E-state index contributed by atoms with van der Waals surface area (Å²) in [5, 5.41) is 15.1. The standard InChI is InChI=1S/C15H15ClN2O3/c1-10(21-14-8-6-13(19)7-9-14)17-15(20)18-12-4-2-11(16)3-5-12/h2-10,19H,1H3,(H2,17,18,20). The molecule has 0 saturated carbocycles. The molecule has 3 N–H and O–H groups in total. The Kier molecular flexibility index (Phi) is 4.90. The van der Waals surface area contributed by atoms with Crippen molar-refractivity contribution in [2.24, 2.45) is 0 Å². The molecular weight excluding hydrogens is 292 g/mol. The summed E-state index contributed by atoms with van der Waals surface area (Å²) in [5.41, 5.74) is 0.633. The summed E-state index contributed by atoms with van der Waals surface area (Å²) in [5.74, 6) is 0.704. The molecule has 6 heteroatoms. The van der Waals surface area contributed by atoms with Crippen LogP contribution in [0.25, 0.3) is 0 Å². The van der Waals surface area contributed by atoms with E-state index < -0.39 is 6.23 Å². The molecule has 2 aromatic rings. The summed E-state index contributed by atoms with van der Waals surface area (Å²) < 4.78 is 5.49. The zero-order chi connectivity index (χ0) is 15.2. The number of benzene rings is 2. The number of carbonyl (C=O) groups is 1. The number of anilines is 1. The summed E-state index contributed by atoms with van der Waals surface area (Å²) in [6, 6.07) is 12.6. The van der Waals surface area contributed by atoms with Crippen molar-refractivity contribution in [3.05, 3.63) is 53.6 Å². The molecule has 0 aliphatic heterocycles. The molecule has 0 radical (unpaired) electrons. The van der Waals surface area contributed by atoms with Crippen molar-refractivity contribution >= 4 is 23.3 Å². The van der Waals surface area contributed by atoms with Gasteiger partial charge in [-0.3, -0.25) is 0 Å². The Hall–Kier alpha value is -2.40. The zero-order valence-electron chi connectivity index (χ0n) is 11.3. The molecule has 0 heterocycles. The Bertz CT molecular complexity index is 599. The summed E-state index contributed by atoms with van der Waals surface area (Å²) in [4.78, 5) is 11.8. The van der Waals surface area contributed by atoms with E-state index in [-0.39, 0.29) is 11.8 Å². The van der Waals surface area contributed by atoms with Gasteiger partial charge in [0.2, 0.25) is 0 Å². The first kappa shape index (κ1) is 15.0. The fourth-order valence-corrected chi connectivity index (χ4v) is 1.77. The molecule has 2 rings (SSSR count). The van der Waals surface area contributed by atoms with Crippen LogP contribution in [0.2, 0.25) is 5.02 Å². The molecule has 5 nitrogen and oxygen atoms in total. The number of hydrogen-bond donors (Lipinski definition) is 3. The number of halogens is 1. The first-order valence-electron chi connectivity index (χ1n) is 6.32. The number of phenols is 1. The maximum Gasteiger partial charge on any atom is 0.322 e. The van der Waals surface area contributed by atoms with Crippen LogP contribution in [0, 0.1) is 0 Å². The van der Waals surface area contributed by atoms with Crippen LogP contribution in [0.1, 0.15) is 6.92 Å². The molecule has 0 aromatic heterocycles. The fourth-order valence-electron chi connectivity index (χ4n) is 1.64. The lowest BCUT2D eigenvalue weighted by molar-refractivity contribution is 0.183. The second-order valence-corrected chi connectivity index (χ2v) is 4.80. The third-order valence-corrected chi connectivity index (χ3v) is 2.84. The maximum atomic E-state index is 11.8. The van der Waals surface area contributed by atoms with Gasteiger partial charge < -0.3 is 20.5 Å². The minimum absolute atomic E-state index is 0.156. The van der Waals surface area contributed by atoms with Crippen molar-refractivity contribution in [1.82, 2.24) is 5.32 Å². The number of nitrogens with one attached hydrogen (secondary N) is 2. The van der Waals surface area contributed by atoms with Crippen molar-refractivity contribution in [3.8, 4) is 11.5 Å². The Labute approximate surface area is 127 Å². The normalized spacial score (nSPS) is 11.5. The molecule has 0 aliphatic rings. The number of urea groups is 1. The predicted octanol–water partition coefficient (Wildman–Crippen LogP) is 3.59. The molecule has 2 amide bonds. The summed E-state index contributed by atoms with van der Waals surface area (Å²) >= 11 is 5.77. The third kappa shape index (κ3) is 4.89. The SMILES string of the molecule is CC(NC(=O)Nc1ccc(Cl)cc1)Oc1ccc(O)cc1. The highest BCUT2D eigenvalue weighted by Gasteiger charge is 2.08. The van der Waals surface area contributed by atoms with E-state index in [4.69, 9.17) is 16.3 Å². The second kappa shape index (κ2) is 6.85. The fraction of sp³-hybridized carbons (Fsp3) is 0.133. The molecule has 1 unspecified atom stereocenters. The van der Waals surface area contributed by atoms with Gasteiger partial charge in [0.25, 0.3) is 0 Å². The lowest BCUT2D eigenvalue weighted by Gasteiger charge is -2.16. The average Bonchev–Trinajstić information content (AvgIpc) is 2.44. The molecule has 21 heavy (non-hydrogen) atoms. The van der Waals surface area contributed by atoms with E-state index in [0.29, 0.717) is 16.5 Å². The van der Waals surface area contributed by atoms with Crippen LogP contribution in [0.4, 0.5) is 10.5 Å². The number of amides is 2. The van der Waals surface area contributed by atoms with Crippen LogP contribution in [0.5, 0.6) is 11.5 Å². The van der Waals surface area contributed by atoms with Gasteiger partial charge in [0.1, 0.15) is 11.5 Å². The maximum absolute atomic E-state index is 11.8. The number of ether oxygens (including phenoxy) is 1. The van der Waals surface area contributed by atoms with Crippen LogP contribution >= 0.6 is 11.6 Å². The Morgan fingerprint density at radius 2 is 1.76 bits per heavy atom. The topological polar surface area (TPSA) is 70.6 Å². The van der Waals surface area contributed by atoms with Crippen LogP contribution < -0.4 is 15.4 Å². The zero-order valence-corrected chi connectivity index (χ0v) is 12.1. The quantitative estimate of drug-likeness (QED) is 0.756. The number of rotatable bonds is 4. The van der Waals surface area contributed by atoms with E-state index >= 15 is 0 Å². The molecule has 0 bridgehead atoms. The smallest absolute Gasteiger partial charge is 0.322 e. The minimum Gasteiger partial charge on any atom is -0.508 e. The predicted molar refractivity (Wildman–Crippen MR) is 81.8 cm³/mol. The highest BCUT2D eigenvalue weighted by Crippen LogP contribution is 2.17. The second-order valence-electron chi connectivity index (χ2n) is 4.36. The van der Waals surface area contributed by atoms with Crippen molar-refractivity contribution in [2.45, 2.75) is 13.2 Å². The molecular formula is C15H15ClN2O3. The number of carbonyl (C=O) groups excluding carboxylic acids is 1. The molecule has 0 spiro atoms. The highest BCUT2D eigenvalue weighted by molar-refractivity contribution is 6.30. The van der Waals surface area contributed by atoms with Crippen LogP contribution in [0.3, 0.4) is 0 Å². The van der Waals surface area contributed by atoms with Crippen LogP contribution in [0.15, 0.2) is 48.5 Å². The largest absolute Gasteiger partial charge is 0.508 e. The van der Waals surface area contributed by atoms with E-state index in [9.17, 15) is 9.90 Å². The van der Waals surface area contributed by atoms with E-state index in [1.54, 1.807) is 43.3 Å². The van der Waals surface area contributed by atoms with E-state index in [0.717, 1.165) is 0 Å². The van der Waals surface area contributed by atoms with Crippen molar-refractivity contribution < 1.29 is 14.6 Å². The Balaban J connectivity index is 1.84. The first-order valence-corrected chi connectivity index (χ1v) is 6.69. The average molecular weight is 307 g/mol. The molecule has 0 saturated heterocycles. The monoisotopic (exact) mass is 306 g/mol. The Morgan fingerprint density at radius 1 is 1.14 bits per heavy atom. The number of aromatic hydroxyl groups is 1. The summed E-state index contributed by atoms with van der Waals surface area (Å²) in [6.07, 6.45) is -0.526. The third-order valence-electron chi connectivity index (χ3n) is 2.59. The van der Waals surface area contributed by atoms with Gasteiger partial charge in [-0.25, -0.2) is 4.79 Å². The molecule has 0 aliphatic carbocycles. The molecule has 0 fully saturated rings. The van der Waals surface area contributed by atoms with Gasteiger partial charge in [-0.2, -0.15) is 0 Å². The lowest BCUT2D eigenvalue weighted by atomic mass is 10.3. The molecule has 1 atom stereocenters. The minimum atomic E-state index is -0.526. The van der Waals surface area contributed by atoms with Gasteiger partial charge in [0.05, 0.1) is 0 Å². The van der Waals surface area contributed by atoms with Crippen LogP contribution in [-0.2, 0) is 0 Å². The van der Waals surface area contributed by atoms with Gasteiger partial charge >= 0.3 is 6.03 Å². The van der Waals surface area contributed by atoms with Gasteiger partial charge in [0.15, 0.2) is 6.23 Å². The van der Waals surface area contributed by atoms with Gasteiger partial charge in [-0.15, -0.1) is 0 Å². The summed E-state index contributed by atoms with van der Waals surface area (Å²) in [6.45, 7) is 1.70.